The van der Waals surface area contributed by atoms with Crippen molar-refractivity contribution < 1.29 is 100 Å². The van der Waals surface area contributed by atoms with E-state index in [-0.39, 0.29) is 137 Å². The molecule has 0 heterocycles. The highest BCUT2D eigenvalue weighted by Gasteiger charge is 2.26. The van der Waals surface area contributed by atoms with Gasteiger partial charge in [-0.1, -0.05) is 69.3 Å². The summed E-state index contributed by atoms with van der Waals surface area (Å²) in [4.78, 5) is 0. The van der Waals surface area contributed by atoms with Gasteiger partial charge in [0.1, 0.15) is 38.8 Å². The lowest BCUT2D eigenvalue weighted by Gasteiger charge is -2.28. The van der Waals surface area contributed by atoms with Gasteiger partial charge in [-0.15, -0.1) is 13.2 Å². The topological polar surface area (TPSA) is 216 Å². The SMILES string of the molecule is C=CCCCOCCOC(COC(COC(COC(C)COc1ccc(C(C)(C)c2ccc(C(C)C=C)cc2)cc1)OCC(OCCOCCO)OCCOCCOCC)OCC(OCCOCC)OCCOCC)OCCOCCO. The van der Waals surface area contributed by atoms with Crippen molar-refractivity contribution in [1.82, 2.24) is 0 Å². The molecule has 6 unspecified atom stereocenters. The average molecular weight is 1170 g/mol. The maximum atomic E-state index is 9.23. The number of unbranched alkanes of at least 4 members (excludes halogenated alkanes) is 1. The number of ether oxygens (including phenoxy) is 19. The minimum atomic E-state index is -1.06. The molecule has 0 saturated heterocycles. The van der Waals surface area contributed by atoms with E-state index in [0.717, 1.165) is 18.4 Å². The Balaban J connectivity index is 2.36. The Hall–Kier alpha value is -3.08. The first kappa shape index (κ1) is 75.0. The van der Waals surface area contributed by atoms with Gasteiger partial charge in [0.25, 0.3) is 0 Å². The predicted molar refractivity (Wildman–Crippen MR) is 309 cm³/mol. The summed E-state index contributed by atoms with van der Waals surface area (Å²) < 4.78 is 113. The number of aliphatic hydroxyl groups excluding tert-OH is 2. The van der Waals surface area contributed by atoms with Crippen molar-refractivity contribution in [2.75, 3.05) is 185 Å². The predicted octanol–water partition coefficient (Wildman–Crippen LogP) is 7.01. The van der Waals surface area contributed by atoms with Gasteiger partial charge in [-0.3, -0.25) is 0 Å². The Morgan fingerprint density at radius 2 is 0.756 bits per heavy atom. The van der Waals surface area contributed by atoms with E-state index in [1.807, 2.05) is 52.0 Å². The van der Waals surface area contributed by atoms with Crippen molar-refractivity contribution in [2.45, 2.75) is 110 Å². The molecule has 0 aromatic heterocycles. The van der Waals surface area contributed by atoms with Crippen LogP contribution in [0.1, 0.15) is 83.9 Å². The van der Waals surface area contributed by atoms with Gasteiger partial charge in [0.05, 0.1) is 132 Å². The second-order valence-electron chi connectivity index (χ2n) is 18.9. The lowest BCUT2D eigenvalue weighted by Crippen LogP contribution is -2.38. The molecular formula is C61H104O21. The van der Waals surface area contributed by atoms with Crippen molar-refractivity contribution in [3.8, 4) is 5.75 Å². The van der Waals surface area contributed by atoms with E-state index in [0.29, 0.717) is 65.2 Å². The summed E-state index contributed by atoms with van der Waals surface area (Å²) in [5, 5.41) is 18.5. The summed E-state index contributed by atoms with van der Waals surface area (Å²) in [7, 11) is 0. The van der Waals surface area contributed by atoms with Gasteiger partial charge in [0.2, 0.25) is 0 Å². The molecule has 474 valence electrons. The molecule has 0 aliphatic carbocycles. The molecule has 0 aliphatic rings. The molecule has 0 amide bonds. The summed E-state index contributed by atoms with van der Waals surface area (Å²) >= 11 is 0. The molecule has 0 aliphatic heterocycles. The van der Waals surface area contributed by atoms with Crippen LogP contribution >= 0.6 is 0 Å². The zero-order valence-corrected chi connectivity index (χ0v) is 50.6. The summed E-state index contributed by atoms with van der Waals surface area (Å²) in [6, 6.07) is 16.8. The van der Waals surface area contributed by atoms with E-state index in [2.05, 4.69) is 70.3 Å². The lowest BCUT2D eigenvalue weighted by molar-refractivity contribution is -0.281. The minimum Gasteiger partial charge on any atom is -0.491 e. The summed E-state index contributed by atoms with van der Waals surface area (Å²) in [5.41, 5.74) is 3.33. The Morgan fingerprint density at radius 1 is 0.415 bits per heavy atom. The third-order valence-corrected chi connectivity index (χ3v) is 12.1. The van der Waals surface area contributed by atoms with E-state index >= 15 is 0 Å². The van der Waals surface area contributed by atoms with Crippen molar-refractivity contribution in [3.63, 3.8) is 0 Å². The Kier molecular flexibility index (Phi) is 46.8. The monoisotopic (exact) mass is 1170 g/mol. The minimum absolute atomic E-state index is 0.0548. The number of hydrogen-bond acceptors (Lipinski definition) is 21. The molecule has 2 rings (SSSR count). The van der Waals surface area contributed by atoms with Crippen LogP contribution in [0, 0.1) is 0 Å². The first-order valence-electron chi connectivity index (χ1n) is 29.1. The lowest BCUT2D eigenvalue weighted by atomic mass is 9.77. The molecular weight excluding hydrogens is 1070 g/mol. The fraction of sp³-hybridized carbons (Fsp3) is 0.738. The average Bonchev–Trinajstić information content (AvgIpc) is 3.70. The van der Waals surface area contributed by atoms with Crippen LogP contribution in [0.4, 0.5) is 0 Å². The quantitative estimate of drug-likeness (QED) is 0.0387. The maximum Gasteiger partial charge on any atom is 0.181 e. The molecule has 82 heavy (non-hydrogen) atoms. The standard InChI is InChI=1S/C61H104O21/c1-10-15-16-27-67-34-40-73-58(75-42-36-69-29-26-63)48-81-60(80-47-56(71-38-32-65-13-4)72-39-33-66-14-5)49-82-59(79-46-57(74-41-35-68-28-25-62)76-43-37-70-31-30-64-12-3)45-77-51(7)44-78-55-23-21-54(22-24-55)61(8,9)53-19-17-52(18-20-53)50(6)11-2/h10-11,17-24,50-51,56-60,62-63H,1-2,12-16,25-49H2,3-9H3. The zero-order valence-electron chi connectivity index (χ0n) is 50.6. The van der Waals surface area contributed by atoms with Crippen molar-refractivity contribution >= 4 is 0 Å². The van der Waals surface area contributed by atoms with Crippen LogP contribution in [-0.2, 0) is 90.7 Å². The number of aliphatic hydroxyl groups is 2. The van der Waals surface area contributed by atoms with Crippen molar-refractivity contribution in [3.05, 3.63) is 90.5 Å². The molecule has 6 atom stereocenters. The van der Waals surface area contributed by atoms with E-state index in [9.17, 15) is 10.2 Å². The van der Waals surface area contributed by atoms with Crippen LogP contribution in [-0.4, -0.2) is 233 Å². The molecule has 0 spiro atoms. The molecule has 2 aromatic carbocycles. The maximum absolute atomic E-state index is 9.23. The number of benzene rings is 2. The van der Waals surface area contributed by atoms with Gasteiger partial charge in [-0.05, 0) is 75.3 Å². The van der Waals surface area contributed by atoms with Gasteiger partial charge in [-0.2, -0.15) is 0 Å². The van der Waals surface area contributed by atoms with Crippen LogP contribution in [0.25, 0.3) is 0 Å². The fourth-order valence-electron chi connectivity index (χ4n) is 7.29. The van der Waals surface area contributed by atoms with E-state index in [1.54, 1.807) is 0 Å². The smallest absolute Gasteiger partial charge is 0.181 e. The molecule has 0 radical (unpaired) electrons. The number of allylic oxidation sites excluding steroid dienone is 2. The van der Waals surface area contributed by atoms with Gasteiger partial charge < -0.3 is 100 Å². The number of hydrogen-bond donors (Lipinski definition) is 2. The van der Waals surface area contributed by atoms with Crippen LogP contribution in [0.5, 0.6) is 5.75 Å². The van der Waals surface area contributed by atoms with Crippen molar-refractivity contribution in [1.29, 1.82) is 0 Å². The first-order valence-corrected chi connectivity index (χ1v) is 29.1. The highest BCUT2D eigenvalue weighted by atomic mass is 16.8. The summed E-state index contributed by atoms with van der Waals surface area (Å²) in [5.74, 6) is 0.967. The van der Waals surface area contributed by atoms with Crippen LogP contribution in [0.2, 0.25) is 0 Å². The molecule has 2 aromatic rings. The zero-order chi connectivity index (χ0) is 59.6. The Labute approximate surface area is 490 Å². The first-order chi connectivity index (χ1) is 40.0. The molecule has 21 nitrogen and oxygen atoms in total. The van der Waals surface area contributed by atoms with Gasteiger partial charge >= 0.3 is 0 Å². The van der Waals surface area contributed by atoms with Crippen LogP contribution in [0.3, 0.4) is 0 Å². The Bertz CT molecular complexity index is 1730. The second kappa shape index (κ2) is 51.2. The summed E-state index contributed by atoms with van der Waals surface area (Å²) in [6.07, 6.45) is 0.407. The molecule has 2 N–H and O–H groups in total. The van der Waals surface area contributed by atoms with Crippen LogP contribution in [0.15, 0.2) is 73.8 Å². The van der Waals surface area contributed by atoms with E-state index in [1.165, 1.54) is 11.1 Å². The van der Waals surface area contributed by atoms with Crippen LogP contribution < -0.4 is 4.74 Å². The van der Waals surface area contributed by atoms with Gasteiger partial charge in [0.15, 0.2) is 31.5 Å². The molecule has 21 heteroatoms. The van der Waals surface area contributed by atoms with Crippen molar-refractivity contribution in [2.24, 2.45) is 0 Å². The number of rotatable bonds is 60. The highest BCUT2D eigenvalue weighted by Crippen LogP contribution is 2.33. The molecule has 0 fully saturated rings. The fourth-order valence-corrected chi connectivity index (χ4v) is 7.29. The third-order valence-electron chi connectivity index (χ3n) is 12.1. The normalized spacial score (nSPS) is 14.2. The molecule has 0 saturated carbocycles. The second-order valence-corrected chi connectivity index (χ2v) is 18.9. The summed E-state index contributed by atoms with van der Waals surface area (Å²) in [6.45, 7) is 27.7. The van der Waals surface area contributed by atoms with E-state index < -0.39 is 37.6 Å². The van der Waals surface area contributed by atoms with E-state index in [4.69, 9.17) is 90.0 Å². The Morgan fingerprint density at radius 3 is 1.15 bits per heavy atom. The largest absolute Gasteiger partial charge is 0.491 e. The highest BCUT2D eigenvalue weighted by molar-refractivity contribution is 5.41. The molecule has 0 bridgehead atoms. The van der Waals surface area contributed by atoms with Gasteiger partial charge in [-0.25, -0.2) is 0 Å². The van der Waals surface area contributed by atoms with Gasteiger partial charge in [0, 0.05) is 31.8 Å². The third kappa shape index (κ3) is 37.4.